The van der Waals surface area contributed by atoms with Crippen LogP contribution in [0.15, 0.2) is 36.5 Å². The molecule has 0 spiro atoms. The third-order valence-electron chi connectivity index (χ3n) is 7.14. The molecule has 4 heterocycles. The number of pyridine rings is 1. The fourth-order valence-electron chi connectivity index (χ4n) is 4.53. The molecule has 9 nitrogen and oxygen atoms in total. The zero-order chi connectivity index (χ0) is 25.4. The first-order chi connectivity index (χ1) is 16.5. The van der Waals surface area contributed by atoms with Gasteiger partial charge >= 0.3 is 0 Å². The minimum absolute atomic E-state index is 0.0495. The zero-order valence-electron chi connectivity index (χ0n) is 21.4. The van der Waals surface area contributed by atoms with Crippen LogP contribution in [0.25, 0.3) is 0 Å². The monoisotopic (exact) mass is 539 g/mol. The molecule has 0 aliphatic carbocycles. The van der Waals surface area contributed by atoms with Crippen molar-refractivity contribution in [1.82, 2.24) is 25.3 Å². The van der Waals surface area contributed by atoms with E-state index in [1.54, 1.807) is 17.5 Å². The topological polar surface area (TPSA) is 102 Å². The van der Waals surface area contributed by atoms with Crippen molar-refractivity contribution in [3.05, 3.63) is 41.4 Å². The van der Waals surface area contributed by atoms with Crippen molar-refractivity contribution in [2.45, 2.75) is 63.7 Å². The van der Waals surface area contributed by atoms with Crippen molar-refractivity contribution in [1.29, 1.82) is 0 Å². The van der Waals surface area contributed by atoms with Crippen molar-refractivity contribution in [3.63, 3.8) is 0 Å². The summed E-state index contributed by atoms with van der Waals surface area (Å²) in [4.78, 5) is 9.84. The molecule has 2 aromatic rings. The highest BCUT2D eigenvalue weighted by atomic mass is 32.1. The molecule has 2 saturated heterocycles. The number of nitrogens with zero attached hydrogens (tertiary/aromatic N) is 3. The first-order valence-electron chi connectivity index (χ1n) is 12.2. The summed E-state index contributed by atoms with van der Waals surface area (Å²) in [5.74, 6) is 0.949. The fourth-order valence-corrected chi connectivity index (χ4v) is 13.5. The van der Waals surface area contributed by atoms with E-state index in [0.717, 1.165) is 28.8 Å². The third-order valence-corrected chi connectivity index (χ3v) is 15.5. The normalized spacial score (nSPS) is 27.4. The van der Waals surface area contributed by atoms with Crippen LogP contribution in [0.2, 0.25) is 0 Å². The van der Waals surface area contributed by atoms with Crippen molar-refractivity contribution in [2.24, 2.45) is 0 Å². The third kappa shape index (κ3) is 5.85. The summed E-state index contributed by atoms with van der Waals surface area (Å²) in [6, 6.07) is 10.3. The second kappa shape index (κ2) is 10.6. The van der Waals surface area contributed by atoms with Gasteiger partial charge in [0.1, 0.15) is 11.2 Å². The van der Waals surface area contributed by atoms with E-state index < -0.39 is 20.3 Å². The number of hydrogen-bond donors (Lipinski definition) is 4. The molecule has 4 rings (SSSR count). The highest BCUT2D eigenvalue weighted by molar-refractivity contribution is 7.78. The maximum Gasteiger partial charge on any atom is 0.225 e. The first kappa shape index (κ1) is 26.8. The van der Waals surface area contributed by atoms with Crippen LogP contribution < -0.4 is 30.1 Å². The summed E-state index contributed by atoms with van der Waals surface area (Å²) in [5.41, 5.74) is 0. The molecule has 194 valence electrons. The molecule has 2 aliphatic rings. The van der Waals surface area contributed by atoms with Gasteiger partial charge in [-0.3, -0.25) is 9.13 Å². The lowest BCUT2D eigenvalue weighted by molar-refractivity contribution is 0.545. The van der Waals surface area contributed by atoms with Gasteiger partial charge in [0.05, 0.1) is 5.00 Å². The molecular formula is C23H39N7O2P2S. The van der Waals surface area contributed by atoms with E-state index in [4.69, 9.17) is 0 Å². The summed E-state index contributed by atoms with van der Waals surface area (Å²) in [6.07, 6.45) is 2.28. The van der Waals surface area contributed by atoms with Gasteiger partial charge in [-0.15, -0.1) is 11.3 Å². The van der Waals surface area contributed by atoms with Crippen LogP contribution in [0.5, 0.6) is 0 Å². The number of aromatic nitrogens is 1. The minimum Gasteiger partial charge on any atom is -0.365 e. The Hall–Kier alpha value is -1.25. The van der Waals surface area contributed by atoms with E-state index in [1.807, 2.05) is 52.9 Å². The lowest BCUT2D eigenvalue weighted by Crippen LogP contribution is -2.31. The van der Waals surface area contributed by atoms with Crippen LogP contribution >= 0.6 is 26.2 Å². The van der Waals surface area contributed by atoms with E-state index in [1.165, 1.54) is 0 Å². The van der Waals surface area contributed by atoms with Crippen LogP contribution in [-0.2, 0) is 15.6 Å². The minimum atomic E-state index is -3.11. The molecule has 2 aromatic heterocycles. The van der Waals surface area contributed by atoms with Crippen LogP contribution in [-0.4, -0.2) is 61.7 Å². The molecule has 35 heavy (non-hydrogen) atoms. The SMILES string of the molecule is C[C@@H]1NP(=O)(C(Cc2ccc(N(C)CCN(C)c3ccccn3)s2)P2(=O)N[C@@H](C)[C@H](C)N2)N[C@H]1C. The Balaban J connectivity index is 1.48. The molecule has 4 N–H and O–H groups in total. The fraction of sp³-hybridized carbons (Fsp3) is 0.609. The lowest BCUT2D eigenvalue weighted by Gasteiger charge is -2.30. The standard InChI is InChI=1S/C23H39N7O2P2S/c1-16-17(2)26-33(31,25-16)23(34(32)27-18(3)19(4)28-34)15-20-10-11-22(35-20)30(6)14-13-29(5)21-9-7-8-12-24-21/h7-12,16-19,23H,13-15H2,1-6H3,(H2,25,26,31)(H2,27,28,32)/t16-,17-,18-,19-/m0/s1. The van der Waals surface area contributed by atoms with E-state index in [9.17, 15) is 9.13 Å². The molecule has 4 atom stereocenters. The average molecular weight is 540 g/mol. The molecule has 2 aliphatic heterocycles. The first-order valence-corrected chi connectivity index (χ1v) is 16.6. The van der Waals surface area contributed by atoms with Crippen molar-refractivity contribution >= 4 is 37.0 Å². The Bertz CT molecular complexity index is 1030. The van der Waals surface area contributed by atoms with Crippen LogP contribution in [0.4, 0.5) is 10.8 Å². The number of anilines is 2. The highest BCUT2D eigenvalue weighted by Gasteiger charge is 2.54. The van der Waals surface area contributed by atoms with Crippen LogP contribution in [0, 0.1) is 0 Å². The van der Waals surface area contributed by atoms with Crippen molar-refractivity contribution < 1.29 is 9.13 Å². The van der Waals surface area contributed by atoms with E-state index >= 15 is 0 Å². The Morgan fingerprint density at radius 3 is 1.91 bits per heavy atom. The quantitative estimate of drug-likeness (QED) is 0.353. The number of rotatable bonds is 9. The Morgan fingerprint density at radius 1 is 0.857 bits per heavy atom. The summed E-state index contributed by atoms with van der Waals surface area (Å²) in [5, 5.41) is 13.7. The maximum atomic E-state index is 14.1. The van der Waals surface area contributed by atoms with Gasteiger partial charge in [0.2, 0.25) is 14.9 Å². The second-order valence-corrected chi connectivity index (χ2v) is 16.4. The zero-order valence-corrected chi connectivity index (χ0v) is 24.0. The molecule has 12 heteroatoms. The molecular weight excluding hydrogens is 500 g/mol. The van der Waals surface area contributed by atoms with Gasteiger partial charge in [-0.25, -0.2) is 25.3 Å². The molecule has 0 amide bonds. The van der Waals surface area contributed by atoms with Gasteiger partial charge in [0, 0.05) is 68.8 Å². The Kier molecular flexibility index (Phi) is 8.13. The van der Waals surface area contributed by atoms with Gasteiger partial charge in [0.15, 0.2) is 0 Å². The number of nitrogens with one attached hydrogen (secondary N) is 4. The Labute approximate surface area is 213 Å². The largest absolute Gasteiger partial charge is 0.365 e. The van der Waals surface area contributed by atoms with E-state index in [2.05, 4.69) is 54.3 Å². The molecule has 0 aromatic carbocycles. The number of likely N-dealkylation sites (N-methyl/N-ethyl adjacent to an activating group) is 2. The molecule has 0 unspecified atom stereocenters. The molecule has 2 fully saturated rings. The van der Waals surface area contributed by atoms with E-state index in [0.29, 0.717) is 6.42 Å². The second-order valence-electron chi connectivity index (χ2n) is 9.94. The molecule has 0 radical (unpaired) electrons. The molecule has 0 saturated carbocycles. The predicted molar refractivity (Wildman–Crippen MR) is 148 cm³/mol. The average Bonchev–Trinajstić information content (AvgIpc) is 3.47. The summed E-state index contributed by atoms with van der Waals surface area (Å²) < 4.78 is 28.2. The van der Waals surface area contributed by atoms with Gasteiger partial charge in [-0.05, 0) is 52.0 Å². The smallest absolute Gasteiger partial charge is 0.225 e. The van der Waals surface area contributed by atoms with Crippen molar-refractivity contribution in [3.8, 4) is 0 Å². The summed E-state index contributed by atoms with van der Waals surface area (Å²) >= 11 is 1.67. The van der Waals surface area contributed by atoms with Crippen LogP contribution in [0.1, 0.15) is 32.6 Å². The van der Waals surface area contributed by atoms with Crippen LogP contribution in [0.3, 0.4) is 0 Å². The van der Waals surface area contributed by atoms with Gasteiger partial charge in [-0.1, -0.05) is 6.07 Å². The van der Waals surface area contributed by atoms with Crippen molar-refractivity contribution in [2.75, 3.05) is 37.0 Å². The molecule has 0 bridgehead atoms. The highest BCUT2D eigenvalue weighted by Crippen LogP contribution is 2.65. The predicted octanol–water partition coefficient (Wildman–Crippen LogP) is 3.91. The Morgan fingerprint density at radius 2 is 1.40 bits per heavy atom. The lowest BCUT2D eigenvalue weighted by atomic mass is 10.2. The number of thiophene rings is 1. The van der Waals surface area contributed by atoms with Gasteiger partial charge in [0.25, 0.3) is 0 Å². The van der Waals surface area contributed by atoms with Gasteiger partial charge in [-0.2, -0.15) is 0 Å². The summed E-state index contributed by atoms with van der Waals surface area (Å²) in [6.45, 7) is 9.75. The van der Waals surface area contributed by atoms with Gasteiger partial charge < -0.3 is 9.80 Å². The van der Waals surface area contributed by atoms with E-state index in [-0.39, 0.29) is 24.2 Å². The summed E-state index contributed by atoms with van der Waals surface area (Å²) in [7, 11) is -2.09. The number of hydrogen-bond acceptors (Lipinski definition) is 6. The maximum absolute atomic E-state index is 14.1.